The number of aryl methyl sites for hydroxylation is 1. The highest BCUT2D eigenvalue weighted by atomic mass is 32.1. The van der Waals surface area contributed by atoms with Gasteiger partial charge in [-0.3, -0.25) is 0 Å². The number of benzene rings is 2. The van der Waals surface area contributed by atoms with Crippen LogP contribution in [0.25, 0.3) is 11.4 Å². The van der Waals surface area contributed by atoms with Crippen molar-refractivity contribution in [3.63, 3.8) is 0 Å². The lowest BCUT2D eigenvalue weighted by molar-refractivity contribution is 0.416. The van der Waals surface area contributed by atoms with Crippen molar-refractivity contribution < 1.29 is 4.74 Å². The van der Waals surface area contributed by atoms with Crippen LogP contribution in [0.15, 0.2) is 53.6 Å². The van der Waals surface area contributed by atoms with Gasteiger partial charge in [-0.15, -0.1) is 0 Å². The first-order chi connectivity index (χ1) is 11.2. The summed E-state index contributed by atoms with van der Waals surface area (Å²) in [5.41, 5.74) is 3.00. The van der Waals surface area contributed by atoms with Gasteiger partial charge in [0.1, 0.15) is 5.75 Å². The molecule has 2 aromatic carbocycles. The van der Waals surface area contributed by atoms with E-state index in [1.807, 2.05) is 55.5 Å². The van der Waals surface area contributed by atoms with Crippen molar-refractivity contribution in [3.8, 4) is 17.1 Å². The van der Waals surface area contributed by atoms with E-state index in [4.69, 9.17) is 17.0 Å². The summed E-state index contributed by atoms with van der Waals surface area (Å²) in [4.78, 5) is 0. The lowest BCUT2D eigenvalue weighted by Crippen LogP contribution is -1.97. The van der Waals surface area contributed by atoms with Crippen LogP contribution in [0.1, 0.15) is 11.1 Å². The molecule has 0 radical (unpaired) electrons. The first-order valence-corrected chi connectivity index (χ1v) is 7.52. The minimum atomic E-state index is 0.427. The van der Waals surface area contributed by atoms with Crippen molar-refractivity contribution in [1.82, 2.24) is 14.9 Å². The van der Waals surface area contributed by atoms with E-state index in [2.05, 4.69) is 15.3 Å². The number of nitrogens with zero attached hydrogens (tertiary/aromatic N) is 3. The van der Waals surface area contributed by atoms with Crippen LogP contribution in [0, 0.1) is 11.7 Å². The highest BCUT2D eigenvalue weighted by molar-refractivity contribution is 7.71. The van der Waals surface area contributed by atoms with E-state index in [-0.39, 0.29) is 0 Å². The minimum absolute atomic E-state index is 0.427. The van der Waals surface area contributed by atoms with Crippen LogP contribution in [0.2, 0.25) is 0 Å². The maximum Gasteiger partial charge on any atom is 0.216 e. The quantitative estimate of drug-likeness (QED) is 0.586. The van der Waals surface area contributed by atoms with Gasteiger partial charge < -0.3 is 4.74 Å². The predicted molar refractivity (Wildman–Crippen MR) is 93.6 cm³/mol. The third-order valence-corrected chi connectivity index (χ3v) is 3.76. The van der Waals surface area contributed by atoms with Crippen molar-refractivity contribution in [2.75, 3.05) is 7.11 Å². The molecule has 6 heteroatoms. The summed E-state index contributed by atoms with van der Waals surface area (Å²) in [6.07, 6.45) is 1.78. The lowest BCUT2D eigenvalue weighted by atomic mass is 10.1. The van der Waals surface area contributed by atoms with Gasteiger partial charge in [0.15, 0.2) is 5.82 Å². The number of hydrogen-bond donors (Lipinski definition) is 1. The normalized spacial score (nSPS) is 11.0. The summed E-state index contributed by atoms with van der Waals surface area (Å²) in [7, 11) is 1.63. The van der Waals surface area contributed by atoms with Crippen LogP contribution in [0.3, 0.4) is 0 Å². The fraction of sp³-hybridized carbons (Fsp3) is 0.118. The third-order valence-electron chi connectivity index (χ3n) is 3.50. The second-order valence-corrected chi connectivity index (χ2v) is 5.35. The molecule has 0 saturated carbocycles. The Morgan fingerprint density at radius 2 is 1.91 bits per heavy atom. The summed E-state index contributed by atoms with van der Waals surface area (Å²) < 4.78 is 7.42. The van der Waals surface area contributed by atoms with Crippen LogP contribution in [-0.4, -0.2) is 28.2 Å². The van der Waals surface area contributed by atoms with Crippen LogP contribution < -0.4 is 4.74 Å². The molecule has 0 aliphatic heterocycles. The highest BCUT2D eigenvalue weighted by Gasteiger charge is 2.12. The number of hydrogen-bond acceptors (Lipinski definition) is 4. The summed E-state index contributed by atoms with van der Waals surface area (Å²) in [5, 5.41) is 11.6. The Hall–Kier alpha value is -2.73. The molecule has 0 atom stereocenters. The molecule has 5 nitrogen and oxygen atoms in total. The lowest BCUT2D eigenvalue weighted by Gasteiger charge is -2.07. The molecule has 0 aliphatic carbocycles. The zero-order valence-electron chi connectivity index (χ0n) is 12.9. The van der Waals surface area contributed by atoms with Crippen molar-refractivity contribution in [2.45, 2.75) is 6.92 Å². The molecule has 0 aliphatic rings. The van der Waals surface area contributed by atoms with E-state index >= 15 is 0 Å². The second kappa shape index (κ2) is 6.58. The zero-order valence-corrected chi connectivity index (χ0v) is 13.7. The molecule has 116 valence electrons. The molecular weight excluding hydrogens is 308 g/mol. The summed E-state index contributed by atoms with van der Waals surface area (Å²) in [6.45, 7) is 2.04. The number of aromatic amines is 1. The van der Waals surface area contributed by atoms with E-state index < -0.39 is 0 Å². The molecule has 3 aromatic rings. The molecule has 0 amide bonds. The van der Waals surface area contributed by atoms with E-state index in [9.17, 15) is 0 Å². The van der Waals surface area contributed by atoms with Gasteiger partial charge in [0, 0.05) is 0 Å². The van der Waals surface area contributed by atoms with Crippen LogP contribution >= 0.6 is 12.2 Å². The summed E-state index contributed by atoms with van der Waals surface area (Å²) in [5.74, 6) is 1.33. The van der Waals surface area contributed by atoms with Gasteiger partial charge in [0.2, 0.25) is 4.77 Å². The molecule has 0 bridgehead atoms. The van der Waals surface area contributed by atoms with Gasteiger partial charge in [0.05, 0.1) is 18.9 Å². The van der Waals surface area contributed by atoms with Crippen molar-refractivity contribution in [1.29, 1.82) is 0 Å². The number of H-pyrrole nitrogens is 1. The number of para-hydroxylation sites is 1. The molecule has 1 heterocycles. The molecule has 3 rings (SSSR count). The van der Waals surface area contributed by atoms with Crippen molar-refractivity contribution in [2.24, 2.45) is 5.10 Å². The molecular formula is C17H16N4OS. The largest absolute Gasteiger partial charge is 0.496 e. The summed E-state index contributed by atoms with van der Waals surface area (Å²) >= 11 is 5.29. The number of ether oxygens (including phenoxy) is 1. The number of nitrogens with one attached hydrogen (secondary N) is 1. The van der Waals surface area contributed by atoms with Gasteiger partial charge in [-0.1, -0.05) is 36.4 Å². The van der Waals surface area contributed by atoms with Crippen LogP contribution in [0.4, 0.5) is 0 Å². The van der Waals surface area contributed by atoms with Crippen molar-refractivity contribution in [3.05, 3.63) is 64.4 Å². The van der Waals surface area contributed by atoms with E-state index in [1.54, 1.807) is 18.0 Å². The standard InChI is InChI=1S/C17H16N4OS/c1-12-7-3-4-8-13(12)11-18-21-16(19-20-17(21)23)14-9-5-6-10-15(14)22-2/h3-11H,1-2H3,(H,20,23). The Kier molecular flexibility index (Phi) is 4.34. The molecule has 1 aromatic heterocycles. The second-order valence-electron chi connectivity index (χ2n) is 4.97. The fourth-order valence-corrected chi connectivity index (χ4v) is 2.43. The van der Waals surface area contributed by atoms with Crippen LogP contribution in [0.5, 0.6) is 5.75 Å². The van der Waals surface area contributed by atoms with Gasteiger partial charge in [-0.25, -0.2) is 5.10 Å². The maximum absolute atomic E-state index is 5.39. The molecule has 0 fully saturated rings. The predicted octanol–water partition coefficient (Wildman–Crippen LogP) is 3.81. The molecule has 0 unspecified atom stereocenters. The summed E-state index contributed by atoms with van der Waals surface area (Å²) in [6, 6.07) is 15.6. The van der Waals surface area contributed by atoms with Gasteiger partial charge >= 0.3 is 0 Å². The zero-order chi connectivity index (χ0) is 16.2. The molecule has 1 N–H and O–H groups in total. The van der Waals surface area contributed by atoms with E-state index in [0.29, 0.717) is 16.3 Å². The molecule has 0 saturated heterocycles. The van der Waals surface area contributed by atoms with E-state index in [0.717, 1.165) is 16.7 Å². The Bertz CT molecular complexity index is 911. The Morgan fingerprint density at radius 1 is 1.17 bits per heavy atom. The Balaban J connectivity index is 2.07. The highest BCUT2D eigenvalue weighted by Crippen LogP contribution is 2.28. The topological polar surface area (TPSA) is 55.2 Å². The van der Waals surface area contributed by atoms with E-state index in [1.165, 1.54) is 0 Å². The third kappa shape index (κ3) is 3.07. The van der Waals surface area contributed by atoms with Crippen molar-refractivity contribution >= 4 is 18.4 Å². The maximum atomic E-state index is 5.39. The Morgan fingerprint density at radius 3 is 2.70 bits per heavy atom. The molecule has 23 heavy (non-hydrogen) atoms. The average molecular weight is 324 g/mol. The Labute approximate surface area is 139 Å². The number of rotatable bonds is 4. The van der Waals surface area contributed by atoms with Gasteiger partial charge in [-0.2, -0.15) is 14.9 Å². The van der Waals surface area contributed by atoms with Crippen LogP contribution in [-0.2, 0) is 0 Å². The minimum Gasteiger partial charge on any atom is -0.496 e. The first-order valence-electron chi connectivity index (χ1n) is 7.11. The van der Waals surface area contributed by atoms with Gasteiger partial charge in [-0.05, 0) is 42.4 Å². The first kappa shape index (κ1) is 15.2. The SMILES string of the molecule is COc1ccccc1-c1n[nH]c(=S)n1N=Cc1ccccc1C. The molecule has 0 spiro atoms. The monoisotopic (exact) mass is 324 g/mol. The smallest absolute Gasteiger partial charge is 0.216 e. The number of aromatic nitrogens is 3. The fourth-order valence-electron chi connectivity index (χ4n) is 2.25. The average Bonchev–Trinajstić information content (AvgIpc) is 2.95. The van der Waals surface area contributed by atoms with Gasteiger partial charge in [0.25, 0.3) is 0 Å². The number of methoxy groups -OCH3 is 1.